The molecule has 0 aromatic heterocycles. The molecule has 0 aliphatic rings. The normalized spacial score (nSPS) is 13.8. The molecule has 0 heterocycles. The van der Waals surface area contributed by atoms with Crippen LogP contribution < -0.4 is 0 Å². The van der Waals surface area contributed by atoms with Gasteiger partial charge in [0.2, 0.25) is 0 Å². The lowest BCUT2D eigenvalue weighted by atomic mass is 10.4. The summed E-state index contributed by atoms with van der Waals surface area (Å²) in [6, 6.07) is 0. The summed E-state index contributed by atoms with van der Waals surface area (Å²) in [5.41, 5.74) is 0. The smallest absolute Gasteiger partial charge is 0.350 e. The molecular weight excluding hydrogens is 271 g/mol. The summed E-state index contributed by atoms with van der Waals surface area (Å²) in [6.07, 6.45) is 1.53. The predicted molar refractivity (Wildman–Crippen MR) is 71.1 cm³/mol. The van der Waals surface area contributed by atoms with E-state index in [0.717, 1.165) is 12.8 Å². The molecule has 0 spiro atoms. The van der Waals surface area contributed by atoms with Crippen molar-refractivity contribution in [2.75, 3.05) is 13.2 Å². The summed E-state index contributed by atoms with van der Waals surface area (Å²) < 4.78 is 32.2. The largest absolute Gasteiger partial charge is 0.507 e. The maximum Gasteiger partial charge on any atom is 0.507 e. The molecule has 115 valence electrons. The van der Waals surface area contributed by atoms with Gasteiger partial charge in [0.15, 0.2) is 11.6 Å². The molecule has 0 amide bonds. The second-order valence-electron chi connectivity index (χ2n) is 5.13. The molecule has 6 nitrogen and oxygen atoms in total. The SMILES string of the molecule is CCCOC(C)(C)OP([O])(=O)OC(C)(C)OCCC. The first kappa shape index (κ1) is 19.0. The van der Waals surface area contributed by atoms with Gasteiger partial charge in [-0.25, -0.2) is 4.57 Å². The van der Waals surface area contributed by atoms with Crippen LogP contribution in [0.5, 0.6) is 0 Å². The molecule has 0 fully saturated rings. The maximum atomic E-state index is 11.8. The molecule has 0 aliphatic carbocycles. The van der Waals surface area contributed by atoms with E-state index >= 15 is 0 Å². The van der Waals surface area contributed by atoms with E-state index in [1.54, 1.807) is 0 Å². The maximum absolute atomic E-state index is 11.8. The van der Waals surface area contributed by atoms with E-state index in [-0.39, 0.29) is 0 Å². The number of hydrogen-bond donors (Lipinski definition) is 0. The Hall–Kier alpha value is 0.0300. The van der Waals surface area contributed by atoms with E-state index in [1.165, 1.54) is 27.7 Å². The highest BCUT2D eigenvalue weighted by atomic mass is 31.2. The molecule has 0 atom stereocenters. The van der Waals surface area contributed by atoms with E-state index in [4.69, 9.17) is 18.5 Å². The summed E-state index contributed by atoms with van der Waals surface area (Å²) >= 11 is 0. The lowest BCUT2D eigenvalue weighted by Gasteiger charge is -2.31. The van der Waals surface area contributed by atoms with Gasteiger partial charge < -0.3 is 9.47 Å². The first-order chi connectivity index (χ1) is 8.54. The molecule has 0 saturated carbocycles. The molecule has 19 heavy (non-hydrogen) atoms. The Morgan fingerprint density at radius 1 is 0.842 bits per heavy atom. The van der Waals surface area contributed by atoms with Crippen molar-refractivity contribution in [2.45, 2.75) is 66.0 Å². The van der Waals surface area contributed by atoms with Crippen LogP contribution in [0.1, 0.15) is 54.4 Å². The van der Waals surface area contributed by atoms with Crippen molar-refractivity contribution in [3.05, 3.63) is 0 Å². The summed E-state index contributed by atoms with van der Waals surface area (Å²) in [6.45, 7) is 10.8. The van der Waals surface area contributed by atoms with Crippen LogP contribution >= 0.6 is 7.82 Å². The van der Waals surface area contributed by atoms with Crippen molar-refractivity contribution < 1.29 is 28.0 Å². The Morgan fingerprint density at radius 3 is 1.42 bits per heavy atom. The van der Waals surface area contributed by atoms with Crippen LogP contribution in [0.2, 0.25) is 0 Å². The Labute approximate surface area is 116 Å². The monoisotopic (exact) mass is 297 g/mol. The lowest BCUT2D eigenvalue weighted by molar-refractivity contribution is -0.203. The average Bonchev–Trinajstić information content (AvgIpc) is 2.20. The standard InChI is InChI=1S/C12H26O6P/c1-7-9-15-11(3,4)17-19(13,14)18-12(5,6)16-10-8-2/h7-10H2,1-6H3. The molecule has 0 bridgehead atoms. The highest BCUT2D eigenvalue weighted by Crippen LogP contribution is 2.51. The fourth-order valence-electron chi connectivity index (χ4n) is 1.31. The predicted octanol–water partition coefficient (Wildman–Crippen LogP) is 3.88. The van der Waals surface area contributed by atoms with Gasteiger partial charge in [0.05, 0.1) is 0 Å². The molecule has 0 saturated heterocycles. The average molecular weight is 297 g/mol. The van der Waals surface area contributed by atoms with Gasteiger partial charge in [0, 0.05) is 13.2 Å². The summed E-state index contributed by atoms with van der Waals surface area (Å²) in [7, 11) is -4.52. The van der Waals surface area contributed by atoms with E-state index in [2.05, 4.69) is 0 Å². The summed E-state index contributed by atoms with van der Waals surface area (Å²) in [4.78, 5) is 11.8. The quantitative estimate of drug-likeness (QED) is 0.452. The second kappa shape index (κ2) is 7.72. The molecule has 0 unspecified atom stereocenters. The van der Waals surface area contributed by atoms with Crippen LogP contribution in [0.4, 0.5) is 0 Å². The Morgan fingerprint density at radius 2 is 1.16 bits per heavy atom. The minimum atomic E-state index is -4.52. The third kappa shape index (κ3) is 9.55. The zero-order valence-electron chi connectivity index (χ0n) is 12.7. The third-order valence-electron chi connectivity index (χ3n) is 1.97. The zero-order chi connectivity index (χ0) is 15.2. The van der Waals surface area contributed by atoms with Gasteiger partial charge in [-0.15, -0.1) is 4.89 Å². The fourth-order valence-corrected chi connectivity index (χ4v) is 2.53. The van der Waals surface area contributed by atoms with Crippen molar-refractivity contribution in [1.29, 1.82) is 0 Å². The Bertz CT molecular complexity index is 277. The topological polar surface area (TPSA) is 73.9 Å². The first-order valence-electron chi connectivity index (χ1n) is 6.54. The number of rotatable bonds is 10. The molecule has 0 rings (SSSR count). The minimum Gasteiger partial charge on any atom is -0.350 e. The molecule has 0 aromatic rings. The van der Waals surface area contributed by atoms with Crippen LogP contribution in [-0.2, 0) is 28.0 Å². The Balaban J connectivity index is 4.49. The Kier molecular flexibility index (Phi) is 7.73. The van der Waals surface area contributed by atoms with Gasteiger partial charge in [0.25, 0.3) is 0 Å². The minimum absolute atomic E-state index is 0.405. The van der Waals surface area contributed by atoms with Crippen LogP contribution in [0.25, 0.3) is 0 Å². The van der Waals surface area contributed by atoms with Gasteiger partial charge in [-0.1, -0.05) is 13.8 Å². The van der Waals surface area contributed by atoms with Crippen LogP contribution in [0.15, 0.2) is 0 Å². The van der Waals surface area contributed by atoms with Gasteiger partial charge in [-0.05, 0) is 40.5 Å². The summed E-state index contributed by atoms with van der Waals surface area (Å²) in [5.74, 6) is -2.51. The van der Waals surface area contributed by atoms with Crippen molar-refractivity contribution in [3.8, 4) is 0 Å². The van der Waals surface area contributed by atoms with E-state index in [0.29, 0.717) is 13.2 Å². The fraction of sp³-hybridized carbons (Fsp3) is 1.00. The molecule has 1 radical (unpaired) electrons. The van der Waals surface area contributed by atoms with Gasteiger partial charge in [0.1, 0.15) is 0 Å². The van der Waals surface area contributed by atoms with Crippen LogP contribution in [-0.4, -0.2) is 24.8 Å². The van der Waals surface area contributed by atoms with Gasteiger partial charge >= 0.3 is 7.82 Å². The number of ether oxygens (including phenoxy) is 2. The second-order valence-corrected chi connectivity index (χ2v) is 6.39. The molecule has 0 N–H and O–H groups in total. The highest BCUT2D eigenvalue weighted by molar-refractivity contribution is 7.47. The zero-order valence-corrected chi connectivity index (χ0v) is 13.6. The molecule has 0 aromatic carbocycles. The van der Waals surface area contributed by atoms with Crippen molar-refractivity contribution >= 4 is 7.82 Å². The van der Waals surface area contributed by atoms with E-state index < -0.39 is 19.4 Å². The van der Waals surface area contributed by atoms with Crippen LogP contribution in [0, 0.1) is 0 Å². The molecule has 0 aliphatic heterocycles. The van der Waals surface area contributed by atoms with E-state index in [9.17, 15) is 9.46 Å². The highest BCUT2D eigenvalue weighted by Gasteiger charge is 2.40. The van der Waals surface area contributed by atoms with Gasteiger partial charge in [-0.2, -0.15) is 0 Å². The van der Waals surface area contributed by atoms with Crippen molar-refractivity contribution in [3.63, 3.8) is 0 Å². The van der Waals surface area contributed by atoms with E-state index in [1.807, 2.05) is 13.8 Å². The number of hydrogen-bond acceptors (Lipinski definition) is 5. The third-order valence-corrected chi connectivity index (χ3v) is 3.30. The van der Waals surface area contributed by atoms with Gasteiger partial charge in [-0.3, -0.25) is 9.05 Å². The van der Waals surface area contributed by atoms with Crippen molar-refractivity contribution in [2.24, 2.45) is 0 Å². The molecule has 7 heteroatoms. The summed E-state index contributed by atoms with van der Waals surface area (Å²) in [5, 5.41) is 0. The first-order valence-corrected chi connectivity index (χ1v) is 8.00. The lowest BCUT2D eigenvalue weighted by Crippen LogP contribution is -2.32. The molecular formula is C12H26O6P. The van der Waals surface area contributed by atoms with Crippen molar-refractivity contribution in [1.82, 2.24) is 0 Å². The van der Waals surface area contributed by atoms with Crippen LogP contribution in [0.3, 0.4) is 0 Å².